The zero-order valence-electron chi connectivity index (χ0n) is 15.1. The Hall–Kier alpha value is -2.94. The summed E-state index contributed by atoms with van der Waals surface area (Å²) < 4.78 is 16.3. The Balaban J connectivity index is 1.74. The number of H-pyrrole nitrogens is 1. The second-order valence-electron chi connectivity index (χ2n) is 7.01. The van der Waals surface area contributed by atoms with E-state index in [1.807, 2.05) is 23.2 Å². The second kappa shape index (κ2) is 6.66. The molecule has 1 aliphatic heterocycles. The van der Waals surface area contributed by atoms with E-state index in [1.54, 1.807) is 11.7 Å². The molecule has 2 atom stereocenters. The van der Waals surface area contributed by atoms with Crippen molar-refractivity contribution in [2.75, 3.05) is 18.4 Å². The van der Waals surface area contributed by atoms with Gasteiger partial charge in [0.1, 0.15) is 0 Å². The number of halogens is 1. The number of rotatable bonds is 3. The van der Waals surface area contributed by atoms with Crippen LogP contribution in [-0.4, -0.2) is 38.5 Å². The lowest BCUT2D eigenvalue weighted by Gasteiger charge is -2.31. The van der Waals surface area contributed by atoms with Crippen LogP contribution in [0.15, 0.2) is 34.0 Å². The van der Waals surface area contributed by atoms with Crippen molar-refractivity contribution in [3.63, 3.8) is 0 Å². The van der Waals surface area contributed by atoms with Crippen molar-refractivity contribution in [3.05, 3.63) is 51.1 Å². The molecule has 0 saturated carbocycles. The lowest BCUT2D eigenvalue weighted by Crippen LogP contribution is -2.42. The van der Waals surface area contributed by atoms with Crippen LogP contribution in [-0.2, 0) is 7.05 Å². The maximum atomic E-state index is 13.7. The molecule has 0 bridgehead atoms. The zero-order chi connectivity index (χ0) is 19.1. The van der Waals surface area contributed by atoms with Gasteiger partial charge in [0, 0.05) is 24.2 Å². The summed E-state index contributed by atoms with van der Waals surface area (Å²) in [5.41, 5.74) is -0.00270. The third kappa shape index (κ3) is 3.14. The third-order valence-corrected chi connectivity index (χ3v) is 5.10. The van der Waals surface area contributed by atoms with Crippen LogP contribution in [0.1, 0.15) is 13.3 Å². The number of nitrogens with one attached hydrogen (secondary N) is 3. The topological polar surface area (TPSA) is 96.7 Å². The highest BCUT2D eigenvalue weighted by Gasteiger charge is 2.21. The first-order valence-corrected chi connectivity index (χ1v) is 8.90. The highest BCUT2D eigenvalue weighted by Crippen LogP contribution is 2.25. The van der Waals surface area contributed by atoms with Gasteiger partial charge in [-0.3, -0.25) is 14.5 Å². The van der Waals surface area contributed by atoms with Gasteiger partial charge in [-0.15, -0.1) is 0 Å². The fourth-order valence-electron chi connectivity index (χ4n) is 3.55. The van der Waals surface area contributed by atoms with E-state index in [1.165, 1.54) is 0 Å². The molecule has 27 heavy (non-hydrogen) atoms. The molecular formula is C18H21FN6O2. The van der Waals surface area contributed by atoms with Crippen molar-refractivity contribution >= 4 is 16.6 Å². The van der Waals surface area contributed by atoms with Crippen LogP contribution in [0.3, 0.4) is 0 Å². The van der Waals surface area contributed by atoms with E-state index in [9.17, 15) is 14.0 Å². The number of hydrogen-bond donors (Lipinski definition) is 3. The van der Waals surface area contributed by atoms with Crippen LogP contribution < -0.4 is 21.9 Å². The van der Waals surface area contributed by atoms with E-state index in [-0.39, 0.29) is 5.82 Å². The second-order valence-corrected chi connectivity index (χ2v) is 7.01. The molecule has 1 saturated heterocycles. The minimum atomic E-state index is -1.04. The Morgan fingerprint density at radius 2 is 2.15 bits per heavy atom. The molecule has 3 N–H and O–H groups in total. The van der Waals surface area contributed by atoms with Crippen LogP contribution in [0.5, 0.6) is 0 Å². The Morgan fingerprint density at radius 1 is 1.33 bits per heavy atom. The molecule has 1 aromatic carbocycles. The van der Waals surface area contributed by atoms with Gasteiger partial charge < -0.3 is 10.6 Å². The first-order chi connectivity index (χ1) is 12.9. The Morgan fingerprint density at radius 3 is 2.93 bits per heavy atom. The van der Waals surface area contributed by atoms with Gasteiger partial charge >= 0.3 is 5.69 Å². The van der Waals surface area contributed by atoms with Gasteiger partial charge in [0.05, 0.1) is 11.7 Å². The zero-order valence-corrected chi connectivity index (χ0v) is 15.1. The van der Waals surface area contributed by atoms with Crippen molar-refractivity contribution in [3.8, 4) is 5.82 Å². The molecule has 9 heteroatoms. The predicted octanol–water partition coefficient (Wildman–Crippen LogP) is 0.961. The maximum absolute atomic E-state index is 13.7. The van der Waals surface area contributed by atoms with Crippen LogP contribution in [0, 0.1) is 11.7 Å². The molecule has 0 spiro atoms. The van der Waals surface area contributed by atoms with Gasteiger partial charge in [-0.05, 0) is 43.6 Å². The summed E-state index contributed by atoms with van der Waals surface area (Å²) in [5.74, 6) is -0.250. The minimum Gasteiger partial charge on any atom is -0.382 e. The molecule has 3 aromatic rings. The molecule has 1 aliphatic rings. The summed E-state index contributed by atoms with van der Waals surface area (Å²) in [6, 6.07) is 6.12. The van der Waals surface area contributed by atoms with E-state index in [0.29, 0.717) is 17.3 Å². The van der Waals surface area contributed by atoms with Crippen molar-refractivity contribution in [1.82, 2.24) is 24.6 Å². The molecule has 0 amide bonds. The Kier molecular flexibility index (Phi) is 4.31. The molecule has 3 heterocycles. The summed E-state index contributed by atoms with van der Waals surface area (Å²) in [6.45, 7) is 4.18. The Labute approximate surface area is 154 Å². The number of aromatic nitrogens is 4. The van der Waals surface area contributed by atoms with Gasteiger partial charge in [0.2, 0.25) is 5.82 Å². The normalized spacial score (nSPS) is 20.1. The minimum absolute atomic E-state index is 0.273. The van der Waals surface area contributed by atoms with E-state index >= 15 is 0 Å². The molecule has 142 valence electrons. The van der Waals surface area contributed by atoms with Crippen LogP contribution in [0.4, 0.5) is 10.1 Å². The first kappa shape index (κ1) is 17.5. The number of benzene rings is 1. The standard InChI is InChI=1S/C18H21FN6O2/c1-10-8-20-6-5-14(10)21-11-3-4-12-15(7-11)24(2)23-16(12)25-9-13(19)17(26)22-18(25)27/h3-4,7,9-10,14,20-21H,5-6,8H2,1-2H3,(H,22,26,27)/t10-,14-/m1/s1. The van der Waals surface area contributed by atoms with Crippen molar-refractivity contribution in [2.24, 2.45) is 13.0 Å². The average Bonchev–Trinajstić information content (AvgIpc) is 2.96. The van der Waals surface area contributed by atoms with Gasteiger partial charge in [-0.25, -0.2) is 9.36 Å². The predicted molar refractivity (Wildman–Crippen MR) is 101 cm³/mol. The molecule has 4 rings (SSSR count). The summed E-state index contributed by atoms with van der Waals surface area (Å²) in [6.07, 6.45) is 1.91. The van der Waals surface area contributed by atoms with Crippen molar-refractivity contribution in [1.29, 1.82) is 0 Å². The Bertz CT molecular complexity index is 1120. The summed E-state index contributed by atoms with van der Waals surface area (Å²) in [4.78, 5) is 25.3. The number of nitrogens with zero attached hydrogens (tertiary/aromatic N) is 3. The lowest BCUT2D eigenvalue weighted by molar-refractivity contribution is 0.368. The molecule has 0 radical (unpaired) electrons. The van der Waals surface area contributed by atoms with Crippen LogP contribution in [0.25, 0.3) is 16.7 Å². The molecule has 1 fully saturated rings. The van der Waals surface area contributed by atoms with Crippen LogP contribution in [0.2, 0.25) is 0 Å². The largest absolute Gasteiger partial charge is 0.382 e. The number of aromatic amines is 1. The monoisotopic (exact) mass is 372 g/mol. The van der Waals surface area contributed by atoms with E-state index in [4.69, 9.17) is 0 Å². The van der Waals surface area contributed by atoms with Gasteiger partial charge in [-0.1, -0.05) is 6.92 Å². The highest BCUT2D eigenvalue weighted by atomic mass is 19.1. The summed E-state index contributed by atoms with van der Waals surface area (Å²) >= 11 is 0. The SMILES string of the molecule is C[C@@H]1CNCC[C@H]1Nc1ccc2c(-n3cc(F)c(=O)[nH]c3=O)nn(C)c2c1. The van der Waals surface area contributed by atoms with Crippen LogP contribution >= 0.6 is 0 Å². The summed E-state index contributed by atoms with van der Waals surface area (Å²) in [7, 11) is 1.76. The van der Waals surface area contributed by atoms with E-state index in [0.717, 1.165) is 41.5 Å². The van der Waals surface area contributed by atoms with Crippen molar-refractivity contribution in [2.45, 2.75) is 19.4 Å². The molecule has 0 unspecified atom stereocenters. The van der Waals surface area contributed by atoms with E-state index < -0.39 is 17.1 Å². The van der Waals surface area contributed by atoms with Gasteiger partial charge in [0.25, 0.3) is 5.56 Å². The van der Waals surface area contributed by atoms with Gasteiger partial charge in [-0.2, -0.15) is 9.49 Å². The number of piperidine rings is 1. The molecule has 0 aliphatic carbocycles. The fourth-order valence-corrected chi connectivity index (χ4v) is 3.55. The lowest BCUT2D eigenvalue weighted by atomic mass is 9.95. The van der Waals surface area contributed by atoms with E-state index in [2.05, 4.69) is 22.7 Å². The number of aryl methyl sites for hydroxylation is 1. The number of fused-ring (bicyclic) bond motifs is 1. The molecule has 2 aromatic heterocycles. The third-order valence-electron chi connectivity index (χ3n) is 5.10. The number of hydrogen-bond acceptors (Lipinski definition) is 5. The first-order valence-electron chi connectivity index (χ1n) is 8.90. The maximum Gasteiger partial charge on any atom is 0.334 e. The smallest absolute Gasteiger partial charge is 0.334 e. The quantitative estimate of drug-likeness (QED) is 0.636. The fraction of sp³-hybridized carbons (Fsp3) is 0.389. The summed E-state index contributed by atoms with van der Waals surface area (Å²) in [5, 5.41) is 12.0. The molecule has 8 nitrogen and oxygen atoms in total. The van der Waals surface area contributed by atoms with Gasteiger partial charge in [0.15, 0.2) is 5.82 Å². The molecular weight excluding hydrogens is 351 g/mol. The number of anilines is 1. The average molecular weight is 372 g/mol. The highest BCUT2D eigenvalue weighted by molar-refractivity contribution is 5.89. The van der Waals surface area contributed by atoms with Crippen molar-refractivity contribution < 1.29 is 4.39 Å².